The summed E-state index contributed by atoms with van der Waals surface area (Å²) in [5.41, 5.74) is 0.636. The Balaban J connectivity index is 1.64. The zero-order valence-corrected chi connectivity index (χ0v) is 16.5. The van der Waals surface area contributed by atoms with Crippen LogP contribution in [0.4, 0.5) is 5.69 Å². The molecule has 0 unspecified atom stereocenters. The Labute approximate surface area is 168 Å². The van der Waals surface area contributed by atoms with Crippen molar-refractivity contribution >= 4 is 11.7 Å². The molecule has 8 heteroatoms. The van der Waals surface area contributed by atoms with Crippen molar-refractivity contribution in [2.75, 3.05) is 20.3 Å². The molecule has 0 spiro atoms. The highest BCUT2D eigenvalue weighted by molar-refractivity contribution is 5.89. The van der Waals surface area contributed by atoms with E-state index in [9.17, 15) is 14.9 Å². The van der Waals surface area contributed by atoms with Gasteiger partial charge in [0.1, 0.15) is 18.5 Å². The van der Waals surface area contributed by atoms with E-state index in [-0.39, 0.29) is 29.4 Å². The Morgan fingerprint density at radius 2 is 1.83 bits per heavy atom. The molecule has 0 radical (unpaired) electrons. The monoisotopic (exact) mass is 401 g/mol. The molecule has 0 amide bonds. The summed E-state index contributed by atoms with van der Waals surface area (Å²) in [6.45, 7) is 4.42. The average molecular weight is 401 g/mol. The van der Waals surface area contributed by atoms with Crippen LogP contribution in [0.25, 0.3) is 0 Å². The summed E-state index contributed by atoms with van der Waals surface area (Å²) >= 11 is 0. The summed E-state index contributed by atoms with van der Waals surface area (Å²) in [6.07, 6.45) is -0.956. The fraction of sp³-hybridized carbons (Fsp3) is 0.381. The molecule has 1 aliphatic heterocycles. The summed E-state index contributed by atoms with van der Waals surface area (Å²) in [4.78, 5) is 22.5. The van der Waals surface area contributed by atoms with Crippen LogP contribution >= 0.6 is 0 Å². The maximum absolute atomic E-state index is 12.3. The van der Waals surface area contributed by atoms with E-state index in [0.717, 1.165) is 11.3 Å². The highest BCUT2D eigenvalue weighted by Gasteiger charge is 2.39. The van der Waals surface area contributed by atoms with Gasteiger partial charge in [-0.15, -0.1) is 0 Å². The SMILES string of the molecule is COc1ccc([C@@H]2OCC(C)(C)[C@H](COC(=O)c3ccc([N+](=O)[O-])cc3)O2)cc1. The summed E-state index contributed by atoms with van der Waals surface area (Å²) in [5.74, 6) is 0.172. The number of esters is 1. The smallest absolute Gasteiger partial charge is 0.338 e. The second-order valence-corrected chi connectivity index (χ2v) is 7.43. The first-order valence-corrected chi connectivity index (χ1v) is 9.13. The molecule has 1 aliphatic rings. The molecule has 1 heterocycles. The number of non-ortho nitro benzene ring substituents is 1. The maximum atomic E-state index is 12.3. The van der Waals surface area contributed by atoms with Gasteiger partial charge in [-0.1, -0.05) is 26.0 Å². The molecular formula is C21H23NO7. The molecule has 0 N–H and O–H groups in total. The molecule has 8 nitrogen and oxygen atoms in total. The molecule has 0 saturated carbocycles. The maximum Gasteiger partial charge on any atom is 0.338 e. The van der Waals surface area contributed by atoms with E-state index in [1.165, 1.54) is 24.3 Å². The molecule has 0 bridgehead atoms. The summed E-state index contributed by atoms with van der Waals surface area (Å²) in [6, 6.07) is 12.7. The van der Waals surface area contributed by atoms with Crippen molar-refractivity contribution in [3.63, 3.8) is 0 Å². The summed E-state index contributed by atoms with van der Waals surface area (Å²) in [5, 5.41) is 10.7. The van der Waals surface area contributed by atoms with Crippen LogP contribution in [0, 0.1) is 15.5 Å². The molecule has 2 atom stereocenters. The number of rotatable bonds is 6. The Hall–Kier alpha value is -2.97. The molecule has 1 saturated heterocycles. The van der Waals surface area contributed by atoms with E-state index in [4.69, 9.17) is 18.9 Å². The molecule has 154 valence electrons. The number of nitro groups is 1. The predicted molar refractivity (Wildman–Crippen MR) is 104 cm³/mol. The van der Waals surface area contributed by atoms with E-state index in [2.05, 4.69) is 0 Å². The van der Waals surface area contributed by atoms with Crippen molar-refractivity contribution in [1.29, 1.82) is 0 Å². The molecule has 29 heavy (non-hydrogen) atoms. The van der Waals surface area contributed by atoms with Gasteiger partial charge in [0.25, 0.3) is 5.69 Å². The first kappa shape index (κ1) is 20.8. The fourth-order valence-corrected chi connectivity index (χ4v) is 2.91. The lowest BCUT2D eigenvalue weighted by Gasteiger charge is -2.41. The third kappa shape index (κ3) is 4.90. The number of carbonyl (C=O) groups is 1. The lowest BCUT2D eigenvalue weighted by atomic mass is 9.86. The fourth-order valence-electron chi connectivity index (χ4n) is 2.91. The number of benzene rings is 2. The summed E-state index contributed by atoms with van der Waals surface area (Å²) < 4.78 is 22.5. The van der Waals surface area contributed by atoms with Crippen LogP contribution in [0.15, 0.2) is 48.5 Å². The van der Waals surface area contributed by atoms with Gasteiger partial charge in [0.05, 0.1) is 24.2 Å². The van der Waals surface area contributed by atoms with E-state index in [1.807, 2.05) is 38.1 Å². The Kier molecular flexibility index (Phi) is 6.14. The van der Waals surface area contributed by atoms with Crippen LogP contribution in [0.3, 0.4) is 0 Å². The second-order valence-electron chi connectivity index (χ2n) is 7.43. The minimum atomic E-state index is -0.572. The number of nitro benzene ring substituents is 1. The van der Waals surface area contributed by atoms with Crippen LogP contribution in [-0.4, -0.2) is 37.3 Å². The molecule has 0 aromatic heterocycles. The van der Waals surface area contributed by atoms with Crippen molar-refractivity contribution in [2.24, 2.45) is 5.41 Å². The third-order valence-corrected chi connectivity index (χ3v) is 4.83. The number of methoxy groups -OCH3 is 1. The Morgan fingerprint density at radius 3 is 2.41 bits per heavy atom. The van der Waals surface area contributed by atoms with Gasteiger partial charge in [-0.3, -0.25) is 10.1 Å². The average Bonchev–Trinajstić information content (AvgIpc) is 2.72. The first-order chi connectivity index (χ1) is 13.8. The summed E-state index contributed by atoms with van der Waals surface area (Å²) in [7, 11) is 1.60. The van der Waals surface area contributed by atoms with Gasteiger partial charge in [-0.2, -0.15) is 0 Å². The zero-order chi connectivity index (χ0) is 21.0. The van der Waals surface area contributed by atoms with Crippen molar-refractivity contribution < 1.29 is 28.7 Å². The standard InChI is InChI=1S/C21H23NO7/c1-21(2)13-28-20(15-6-10-17(26-3)11-7-15)29-18(21)12-27-19(23)14-4-8-16(9-5-14)22(24)25/h4-11,18,20H,12-13H2,1-3H3/t18-,20+/m0/s1. The Morgan fingerprint density at radius 1 is 1.17 bits per heavy atom. The predicted octanol–water partition coefficient (Wildman–Crippen LogP) is 3.90. The quantitative estimate of drug-likeness (QED) is 0.411. The van der Waals surface area contributed by atoms with E-state index in [0.29, 0.717) is 6.61 Å². The molecular weight excluding hydrogens is 378 g/mol. The minimum absolute atomic E-state index is 0.0405. The first-order valence-electron chi connectivity index (χ1n) is 9.13. The number of ether oxygens (including phenoxy) is 4. The molecule has 1 fully saturated rings. The van der Waals surface area contributed by atoms with Gasteiger partial charge in [-0.25, -0.2) is 4.79 Å². The van der Waals surface area contributed by atoms with Gasteiger partial charge >= 0.3 is 5.97 Å². The van der Waals surface area contributed by atoms with Crippen molar-refractivity contribution in [3.05, 3.63) is 69.8 Å². The van der Waals surface area contributed by atoms with Gasteiger partial charge in [-0.05, 0) is 24.3 Å². The lowest BCUT2D eigenvalue weighted by Crippen LogP contribution is -2.45. The normalized spacial score (nSPS) is 20.7. The zero-order valence-electron chi connectivity index (χ0n) is 16.5. The molecule has 2 aromatic rings. The van der Waals surface area contributed by atoms with E-state index < -0.39 is 17.2 Å². The van der Waals surface area contributed by atoms with Crippen LogP contribution in [0.5, 0.6) is 5.75 Å². The minimum Gasteiger partial charge on any atom is -0.497 e. The van der Waals surface area contributed by atoms with Crippen LogP contribution in [0.2, 0.25) is 0 Å². The number of hydrogen-bond donors (Lipinski definition) is 0. The third-order valence-electron chi connectivity index (χ3n) is 4.83. The van der Waals surface area contributed by atoms with Crippen LogP contribution < -0.4 is 4.74 Å². The second kappa shape index (κ2) is 8.59. The Bertz CT molecular complexity index is 862. The van der Waals surface area contributed by atoms with Crippen LogP contribution in [0.1, 0.15) is 36.1 Å². The highest BCUT2D eigenvalue weighted by Crippen LogP contribution is 2.37. The van der Waals surface area contributed by atoms with E-state index >= 15 is 0 Å². The lowest BCUT2D eigenvalue weighted by molar-refractivity contribution is -0.384. The molecule has 0 aliphatic carbocycles. The van der Waals surface area contributed by atoms with Gasteiger partial charge in [0.15, 0.2) is 6.29 Å². The van der Waals surface area contributed by atoms with Crippen molar-refractivity contribution in [1.82, 2.24) is 0 Å². The van der Waals surface area contributed by atoms with Crippen molar-refractivity contribution in [3.8, 4) is 5.75 Å². The van der Waals surface area contributed by atoms with E-state index in [1.54, 1.807) is 7.11 Å². The van der Waals surface area contributed by atoms with Gasteiger partial charge in [0, 0.05) is 23.1 Å². The largest absolute Gasteiger partial charge is 0.497 e. The van der Waals surface area contributed by atoms with Crippen LogP contribution in [-0.2, 0) is 14.2 Å². The van der Waals surface area contributed by atoms with Crippen molar-refractivity contribution in [2.45, 2.75) is 26.2 Å². The molecule has 3 rings (SSSR count). The number of nitrogens with zero attached hydrogens (tertiary/aromatic N) is 1. The topological polar surface area (TPSA) is 97.1 Å². The highest BCUT2D eigenvalue weighted by atomic mass is 16.7. The molecule has 2 aromatic carbocycles. The number of carbonyl (C=O) groups excluding carboxylic acids is 1. The van der Waals surface area contributed by atoms with Gasteiger partial charge < -0.3 is 18.9 Å². The van der Waals surface area contributed by atoms with Gasteiger partial charge in [0.2, 0.25) is 0 Å². The number of hydrogen-bond acceptors (Lipinski definition) is 7.